The van der Waals surface area contributed by atoms with Crippen LogP contribution in [-0.4, -0.2) is 47.3 Å². The number of benzene rings is 1. The molecular formula is C26H30N4O3. The summed E-state index contributed by atoms with van der Waals surface area (Å²) in [6.45, 7) is 2.79. The van der Waals surface area contributed by atoms with Crippen LogP contribution in [-0.2, 0) is 0 Å². The summed E-state index contributed by atoms with van der Waals surface area (Å²) in [6.07, 6.45) is 7.94. The minimum atomic E-state index is -0.104. The van der Waals surface area contributed by atoms with Gasteiger partial charge in [-0.15, -0.1) is 0 Å². The number of carbonyl (C=O) groups is 2. The predicted octanol–water partition coefficient (Wildman–Crippen LogP) is 4.74. The molecule has 2 N–H and O–H groups in total. The Morgan fingerprint density at radius 2 is 1.97 bits per heavy atom. The summed E-state index contributed by atoms with van der Waals surface area (Å²) in [5.74, 6) is 1.03. The SMILES string of the molecule is CCCCN(C)C(=O)c1ccc(-c2cc3c(N)c(C(=O)CC4CC4)cnc3cc2OC)cn1. The van der Waals surface area contributed by atoms with Gasteiger partial charge in [0.2, 0.25) is 0 Å². The molecule has 0 bridgehead atoms. The standard InChI is InChI=1S/C26H30N4O3/c1-4-5-10-30(2)26(32)21-9-8-17(14-28-21)18-12-19-22(13-24(18)33-3)29-15-20(25(19)27)23(31)11-16-6-7-16/h8-9,12-16H,4-7,10-11H2,1-3H3,(H2,27,29). The fourth-order valence-electron chi connectivity index (χ4n) is 3.92. The van der Waals surface area contributed by atoms with Crippen LogP contribution in [0.1, 0.15) is 59.9 Å². The van der Waals surface area contributed by atoms with Gasteiger partial charge in [-0.1, -0.05) is 19.4 Å². The van der Waals surface area contributed by atoms with Crippen LogP contribution in [0, 0.1) is 5.92 Å². The van der Waals surface area contributed by atoms with E-state index in [0.717, 1.165) is 36.8 Å². The normalized spacial score (nSPS) is 13.2. The second-order valence-corrected chi connectivity index (χ2v) is 8.74. The fourth-order valence-corrected chi connectivity index (χ4v) is 3.92. The maximum absolute atomic E-state index is 12.7. The molecule has 1 fully saturated rings. The average Bonchev–Trinajstić information content (AvgIpc) is 3.65. The van der Waals surface area contributed by atoms with Crippen LogP contribution < -0.4 is 10.5 Å². The zero-order valence-corrected chi connectivity index (χ0v) is 19.4. The van der Waals surface area contributed by atoms with Crippen LogP contribution in [0.2, 0.25) is 0 Å². The third-order valence-electron chi connectivity index (χ3n) is 6.19. The number of Topliss-reactive ketones (excluding diaryl/α,β-unsaturated/α-hetero) is 1. The molecule has 33 heavy (non-hydrogen) atoms. The van der Waals surface area contributed by atoms with Gasteiger partial charge in [0.05, 0.1) is 23.9 Å². The molecule has 0 radical (unpaired) electrons. The number of nitrogens with zero attached hydrogens (tertiary/aromatic N) is 3. The largest absolute Gasteiger partial charge is 0.496 e. The fraction of sp³-hybridized carbons (Fsp3) is 0.385. The molecule has 1 aromatic carbocycles. The maximum Gasteiger partial charge on any atom is 0.272 e. The first-order valence-electron chi connectivity index (χ1n) is 11.4. The summed E-state index contributed by atoms with van der Waals surface area (Å²) >= 11 is 0. The molecule has 1 aliphatic rings. The molecule has 0 spiro atoms. The van der Waals surface area contributed by atoms with E-state index in [1.54, 1.807) is 37.5 Å². The van der Waals surface area contributed by atoms with Crippen molar-refractivity contribution in [2.75, 3.05) is 26.4 Å². The van der Waals surface area contributed by atoms with Crippen molar-refractivity contribution < 1.29 is 14.3 Å². The van der Waals surface area contributed by atoms with Gasteiger partial charge < -0.3 is 15.4 Å². The maximum atomic E-state index is 12.7. The number of ether oxygens (including phenoxy) is 1. The average molecular weight is 447 g/mol. The summed E-state index contributed by atoms with van der Waals surface area (Å²) in [6, 6.07) is 7.27. The Morgan fingerprint density at radius 3 is 2.61 bits per heavy atom. The first kappa shape index (κ1) is 22.7. The summed E-state index contributed by atoms with van der Waals surface area (Å²) in [4.78, 5) is 35.8. The number of carbonyl (C=O) groups excluding carboxylic acids is 2. The molecule has 1 saturated carbocycles. The highest BCUT2D eigenvalue weighted by molar-refractivity contribution is 6.08. The number of pyridine rings is 2. The predicted molar refractivity (Wildman–Crippen MR) is 129 cm³/mol. The Labute approximate surface area is 194 Å². The Kier molecular flexibility index (Phi) is 6.58. The number of fused-ring (bicyclic) bond motifs is 1. The molecule has 0 saturated heterocycles. The van der Waals surface area contributed by atoms with E-state index in [2.05, 4.69) is 16.9 Å². The highest BCUT2D eigenvalue weighted by atomic mass is 16.5. The Bertz CT molecular complexity index is 1190. The zero-order chi connectivity index (χ0) is 23.5. The number of anilines is 1. The van der Waals surface area contributed by atoms with Crippen LogP contribution in [0.4, 0.5) is 5.69 Å². The van der Waals surface area contributed by atoms with E-state index in [4.69, 9.17) is 10.5 Å². The third kappa shape index (κ3) is 4.82. The van der Waals surface area contributed by atoms with E-state index >= 15 is 0 Å². The van der Waals surface area contributed by atoms with E-state index in [9.17, 15) is 9.59 Å². The number of hydrogen-bond acceptors (Lipinski definition) is 6. The van der Waals surface area contributed by atoms with Crippen molar-refractivity contribution in [3.05, 3.63) is 47.9 Å². The lowest BCUT2D eigenvalue weighted by molar-refractivity contribution is 0.0787. The summed E-state index contributed by atoms with van der Waals surface area (Å²) < 4.78 is 5.60. The molecule has 4 rings (SSSR count). The van der Waals surface area contributed by atoms with Crippen LogP contribution in [0.3, 0.4) is 0 Å². The summed E-state index contributed by atoms with van der Waals surface area (Å²) in [5, 5.41) is 0.701. The number of hydrogen-bond donors (Lipinski definition) is 1. The van der Waals surface area contributed by atoms with E-state index in [1.807, 2.05) is 18.2 Å². The molecule has 7 heteroatoms. The van der Waals surface area contributed by atoms with E-state index in [-0.39, 0.29) is 11.7 Å². The van der Waals surface area contributed by atoms with Crippen molar-refractivity contribution in [2.24, 2.45) is 5.92 Å². The number of nitrogen functional groups attached to an aromatic ring is 1. The Hall–Kier alpha value is -3.48. The molecule has 2 heterocycles. The van der Waals surface area contributed by atoms with Gasteiger partial charge in [-0.2, -0.15) is 0 Å². The van der Waals surface area contributed by atoms with Crippen molar-refractivity contribution in [3.63, 3.8) is 0 Å². The van der Waals surface area contributed by atoms with Gasteiger partial charge in [-0.3, -0.25) is 19.6 Å². The Balaban J connectivity index is 1.68. The summed E-state index contributed by atoms with van der Waals surface area (Å²) in [7, 11) is 3.38. The molecule has 3 aromatic rings. The number of aromatic nitrogens is 2. The van der Waals surface area contributed by atoms with Crippen LogP contribution in [0.15, 0.2) is 36.7 Å². The lowest BCUT2D eigenvalue weighted by Gasteiger charge is -2.16. The number of unbranched alkanes of at least 4 members (excludes halogenated alkanes) is 1. The summed E-state index contributed by atoms with van der Waals surface area (Å²) in [5.41, 5.74) is 9.95. The minimum Gasteiger partial charge on any atom is -0.496 e. The molecule has 1 aliphatic carbocycles. The second kappa shape index (κ2) is 9.57. The lowest BCUT2D eigenvalue weighted by atomic mass is 9.99. The van der Waals surface area contributed by atoms with Crippen LogP contribution in [0.25, 0.3) is 22.0 Å². The molecule has 2 aromatic heterocycles. The van der Waals surface area contributed by atoms with E-state index in [1.165, 1.54) is 0 Å². The van der Waals surface area contributed by atoms with Gasteiger partial charge in [0, 0.05) is 55.0 Å². The lowest BCUT2D eigenvalue weighted by Crippen LogP contribution is -2.28. The molecule has 0 aliphatic heterocycles. The minimum absolute atomic E-state index is 0.0403. The number of ketones is 1. The molecular weight excluding hydrogens is 416 g/mol. The first-order chi connectivity index (χ1) is 15.9. The topological polar surface area (TPSA) is 98.4 Å². The van der Waals surface area contributed by atoms with Gasteiger partial charge >= 0.3 is 0 Å². The van der Waals surface area contributed by atoms with Gasteiger partial charge in [0.25, 0.3) is 5.91 Å². The quantitative estimate of drug-likeness (QED) is 0.477. The number of rotatable bonds is 9. The third-order valence-corrected chi connectivity index (χ3v) is 6.19. The van der Waals surface area contributed by atoms with Crippen molar-refractivity contribution in [2.45, 2.75) is 39.0 Å². The van der Waals surface area contributed by atoms with Crippen LogP contribution in [0.5, 0.6) is 5.75 Å². The zero-order valence-electron chi connectivity index (χ0n) is 19.4. The molecule has 7 nitrogen and oxygen atoms in total. The van der Waals surface area contributed by atoms with Crippen molar-refractivity contribution >= 4 is 28.3 Å². The highest BCUT2D eigenvalue weighted by Gasteiger charge is 2.26. The van der Waals surface area contributed by atoms with Gasteiger partial charge in [-0.25, -0.2) is 0 Å². The van der Waals surface area contributed by atoms with E-state index < -0.39 is 0 Å². The smallest absolute Gasteiger partial charge is 0.272 e. The van der Waals surface area contributed by atoms with Gasteiger partial charge in [0.1, 0.15) is 11.4 Å². The van der Waals surface area contributed by atoms with Gasteiger partial charge in [-0.05, 0) is 37.3 Å². The number of nitrogens with two attached hydrogens (primary N) is 1. The molecule has 1 amide bonds. The molecule has 0 unspecified atom stereocenters. The van der Waals surface area contributed by atoms with Crippen molar-refractivity contribution in [1.82, 2.24) is 14.9 Å². The Morgan fingerprint density at radius 1 is 1.18 bits per heavy atom. The van der Waals surface area contributed by atoms with Crippen molar-refractivity contribution in [3.8, 4) is 16.9 Å². The second-order valence-electron chi connectivity index (χ2n) is 8.74. The number of methoxy groups -OCH3 is 1. The molecule has 0 atom stereocenters. The molecule has 172 valence electrons. The highest BCUT2D eigenvalue weighted by Crippen LogP contribution is 2.38. The van der Waals surface area contributed by atoms with Gasteiger partial charge in [0.15, 0.2) is 5.78 Å². The van der Waals surface area contributed by atoms with Crippen LogP contribution >= 0.6 is 0 Å². The van der Waals surface area contributed by atoms with Crippen molar-refractivity contribution in [1.29, 1.82) is 0 Å². The first-order valence-corrected chi connectivity index (χ1v) is 11.4. The number of amides is 1. The monoisotopic (exact) mass is 446 g/mol. The van der Waals surface area contributed by atoms with E-state index in [0.29, 0.717) is 52.5 Å².